The van der Waals surface area contributed by atoms with Gasteiger partial charge in [-0.3, -0.25) is 9.59 Å². The van der Waals surface area contributed by atoms with E-state index in [-0.39, 0.29) is 12.5 Å². The molecule has 4 rings (SSSR count). The highest BCUT2D eigenvalue weighted by Gasteiger charge is 2.32. The zero-order valence-corrected chi connectivity index (χ0v) is 22.3. The van der Waals surface area contributed by atoms with E-state index < -0.39 is 18.0 Å². The molecule has 1 heterocycles. The van der Waals surface area contributed by atoms with Gasteiger partial charge in [-0.15, -0.1) is 0 Å². The number of benzene rings is 3. The zero-order chi connectivity index (χ0) is 27.8. The topological polar surface area (TPSA) is 118 Å². The standard InChI is InChI=1S/C29H29ClN4O5/c1-3-38-24-15-20(13-14-23(24)39-17-25(35)31-16-19-9-5-4-6-10-19)27-26(18(2)32-29(37)34-27)28(36)33-22-12-8-7-11-21(22)30/h4-15,27H,3,16-17H2,1-2H3,(H,31,35)(H,33,36)(H2,32,34,37). The molecule has 0 aromatic heterocycles. The Morgan fingerprint density at radius 1 is 0.974 bits per heavy atom. The third-order valence-electron chi connectivity index (χ3n) is 5.93. The predicted molar refractivity (Wildman–Crippen MR) is 149 cm³/mol. The maximum Gasteiger partial charge on any atom is 0.319 e. The summed E-state index contributed by atoms with van der Waals surface area (Å²) in [4.78, 5) is 38.0. The van der Waals surface area contributed by atoms with Crippen LogP contribution in [0.25, 0.3) is 0 Å². The maximum absolute atomic E-state index is 13.3. The van der Waals surface area contributed by atoms with Gasteiger partial charge in [0.25, 0.3) is 11.8 Å². The molecule has 4 amide bonds. The van der Waals surface area contributed by atoms with Crippen molar-refractivity contribution in [1.29, 1.82) is 0 Å². The third-order valence-corrected chi connectivity index (χ3v) is 6.26. The molecule has 0 spiro atoms. The first-order valence-electron chi connectivity index (χ1n) is 12.4. The maximum atomic E-state index is 13.3. The molecule has 4 N–H and O–H groups in total. The molecule has 0 radical (unpaired) electrons. The van der Waals surface area contributed by atoms with Gasteiger partial charge in [0.1, 0.15) is 0 Å². The fourth-order valence-electron chi connectivity index (χ4n) is 4.08. The summed E-state index contributed by atoms with van der Waals surface area (Å²) in [5.41, 5.74) is 2.74. The summed E-state index contributed by atoms with van der Waals surface area (Å²) in [5, 5.41) is 11.5. The van der Waals surface area contributed by atoms with Crippen LogP contribution in [0.15, 0.2) is 84.1 Å². The Labute approximate surface area is 231 Å². The summed E-state index contributed by atoms with van der Waals surface area (Å²) in [5.74, 6) is 0.0280. The largest absolute Gasteiger partial charge is 0.490 e. The van der Waals surface area contributed by atoms with E-state index >= 15 is 0 Å². The van der Waals surface area contributed by atoms with Crippen molar-refractivity contribution in [3.05, 3.63) is 100 Å². The minimum atomic E-state index is -0.774. The van der Waals surface area contributed by atoms with Crippen LogP contribution in [0.4, 0.5) is 10.5 Å². The van der Waals surface area contributed by atoms with Crippen LogP contribution < -0.4 is 30.7 Å². The van der Waals surface area contributed by atoms with Gasteiger partial charge in [0.2, 0.25) is 0 Å². The molecule has 1 aliphatic heterocycles. The summed E-state index contributed by atoms with van der Waals surface area (Å²) in [6, 6.07) is 20.3. The molecular weight excluding hydrogens is 520 g/mol. The van der Waals surface area contributed by atoms with Crippen molar-refractivity contribution in [1.82, 2.24) is 16.0 Å². The van der Waals surface area contributed by atoms with Gasteiger partial charge in [0.05, 0.1) is 28.9 Å². The van der Waals surface area contributed by atoms with Gasteiger partial charge >= 0.3 is 6.03 Å². The number of allylic oxidation sites excluding steroid dienone is 1. The SMILES string of the molecule is CCOc1cc(C2NC(=O)NC(C)=C2C(=O)Nc2ccccc2Cl)ccc1OCC(=O)NCc1ccccc1. The van der Waals surface area contributed by atoms with Crippen molar-refractivity contribution in [2.24, 2.45) is 0 Å². The summed E-state index contributed by atoms with van der Waals surface area (Å²) >= 11 is 6.22. The molecule has 202 valence electrons. The van der Waals surface area contributed by atoms with Gasteiger partial charge in [-0.2, -0.15) is 0 Å². The number of carbonyl (C=O) groups is 3. The Balaban J connectivity index is 1.51. The lowest BCUT2D eigenvalue weighted by molar-refractivity contribution is -0.123. The first-order valence-corrected chi connectivity index (χ1v) is 12.8. The minimum absolute atomic E-state index is 0.207. The van der Waals surface area contributed by atoms with Crippen LogP contribution in [-0.2, 0) is 16.1 Å². The molecule has 1 unspecified atom stereocenters. The lowest BCUT2D eigenvalue weighted by Crippen LogP contribution is -2.46. The number of anilines is 1. The Morgan fingerprint density at radius 2 is 1.72 bits per heavy atom. The quantitative estimate of drug-likeness (QED) is 0.293. The van der Waals surface area contributed by atoms with Crippen LogP contribution in [-0.4, -0.2) is 31.1 Å². The highest BCUT2D eigenvalue weighted by atomic mass is 35.5. The van der Waals surface area contributed by atoms with E-state index in [0.29, 0.717) is 52.2 Å². The van der Waals surface area contributed by atoms with Crippen LogP contribution in [0.2, 0.25) is 5.02 Å². The van der Waals surface area contributed by atoms with Crippen molar-refractivity contribution in [2.45, 2.75) is 26.4 Å². The van der Waals surface area contributed by atoms with Crippen molar-refractivity contribution in [3.8, 4) is 11.5 Å². The van der Waals surface area contributed by atoms with Crippen LogP contribution in [0, 0.1) is 0 Å². The average Bonchev–Trinajstić information content (AvgIpc) is 2.92. The highest BCUT2D eigenvalue weighted by molar-refractivity contribution is 6.33. The normalized spacial score (nSPS) is 14.6. The van der Waals surface area contributed by atoms with E-state index in [1.807, 2.05) is 37.3 Å². The Morgan fingerprint density at radius 3 is 2.46 bits per heavy atom. The van der Waals surface area contributed by atoms with Gasteiger partial charge in [0.15, 0.2) is 18.1 Å². The molecule has 39 heavy (non-hydrogen) atoms. The van der Waals surface area contributed by atoms with E-state index in [9.17, 15) is 14.4 Å². The van der Waals surface area contributed by atoms with Crippen molar-refractivity contribution in [3.63, 3.8) is 0 Å². The number of rotatable bonds is 10. The smallest absolute Gasteiger partial charge is 0.319 e. The molecular formula is C29H29ClN4O5. The highest BCUT2D eigenvalue weighted by Crippen LogP contribution is 2.35. The van der Waals surface area contributed by atoms with Crippen molar-refractivity contribution in [2.75, 3.05) is 18.5 Å². The summed E-state index contributed by atoms with van der Waals surface area (Å²) in [7, 11) is 0. The van der Waals surface area contributed by atoms with E-state index in [2.05, 4.69) is 21.3 Å². The van der Waals surface area contributed by atoms with E-state index in [1.54, 1.807) is 49.4 Å². The monoisotopic (exact) mass is 548 g/mol. The number of hydrogen-bond donors (Lipinski definition) is 4. The third kappa shape index (κ3) is 7.08. The fourth-order valence-corrected chi connectivity index (χ4v) is 4.26. The Hall–Kier alpha value is -4.50. The minimum Gasteiger partial charge on any atom is -0.490 e. The lowest BCUT2D eigenvalue weighted by atomic mass is 9.94. The molecule has 0 fully saturated rings. The molecule has 9 nitrogen and oxygen atoms in total. The molecule has 1 atom stereocenters. The van der Waals surface area contributed by atoms with Crippen LogP contribution in [0.3, 0.4) is 0 Å². The van der Waals surface area contributed by atoms with E-state index in [1.165, 1.54) is 0 Å². The number of nitrogens with one attached hydrogen (secondary N) is 4. The number of halogens is 1. The molecule has 0 saturated carbocycles. The van der Waals surface area contributed by atoms with Crippen molar-refractivity contribution < 1.29 is 23.9 Å². The molecule has 0 saturated heterocycles. The second kappa shape index (κ2) is 12.8. The van der Waals surface area contributed by atoms with Gasteiger partial charge in [0, 0.05) is 12.2 Å². The zero-order valence-electron chi connectivity index (χ0n) is 21.5. The first kappa shape index (κ1) is 27.5. The molecule has 3 aromatic rings. The number of para-hydroxylation sites is 1. The summed E-state index contributed by atoms with van der Waals surface area (Å²) < 4.78 is 11.5. The Bertz CT molecular complexity index is 1390. The van der Waals surface area contributed by atoms with Gasteiger partial charge in [-0.05, 0) is 49.2 Å². The second-order valence-corrected chi connectivity index (χ2v) is 9.10. The number of hydrogen-bond acceptors (Lipinski definition) is 5. The number of ether oxygens (including phenoxy) is 2. The van der Waals surface area contributed by atoms with Gasteiger partial charge in [-0.1, -0.05) is 60.1 Å². The fraction of sp³-hybridized carbons (Fsp3) is 0.207. The van der Waals surface area contributed by atoms with Gasteiger partial charge in [-0.25, -0.2) is 4.79 Å². The van der Waals surface area contributed by atoms with E-state index in [4.69, 9.17) is 21.1 Å². The van der Waals surface area contributed by atoms with Gasteiger partial charge < -0.3 is 30.7 Å². The van der Waals surface area contributed by atoms with Crippen LogP contribution in [0.1, 0.15) is 31.0 Å². The number of carbonyl (C=O) groups excluding carboxylic acids is 3. The number of urea groups is 1. The second-order valence-electron chi connectivity index (χ2n) is 8.69. The van der Waals surface area contributed by atoms with Crippen molar-refractivity contribution >= 4 is 35.1 Å². The molecule has 1 aliphatic rings. The predicted octanol–water partition coefficient (Wildman–Crippen LogP) is 4.70. The van der Waals surface area contributed by atoms with Crippen LogP contribution >= 0.6 is 11.6 Å². The molecule has 0 bridgehead atoms. The van der Waals surface area contributed by atoms with E-state index in [0.717, 1.165) is 5.56 Å². The summed E-state index contributed by atoms with van der Waals surface area (Å²) in [6.45, 7) is 4.00. The Kier molecular flexibility index (Phi) is 9.06. The molecule has 0 aliphatic carbocycles. The molecule has 3 aromatic carbocycles. The first-order chi connectivity index (χ1) is 18.9. The number of amides is 4. The lowest BCUT2D eigenvalue weighted by Gasteiger charge is -2.29. The van der Waals surface area contributed by atoms with Crippen LogP contribution in [0.5, 0.6) is 11.5 Å². The average molecular weight is 549 g/mol. The molecule has 10 heteroatoms. The summed E-state index contributed by atoms with van der Waals surface area (Å²) in [6.07, 6.45) is 0.